The summed E-state index contributed by atoms with van der Waals surface area (Å²) >= 11 is 0. The van der Waals surface area contributed by atoms with Crippen molar-refractivity contribution in [2.24, 2.45) is 11.7 Å². The molecule has 5 N–H and O–H groups in total. The predicted molar refractivity (Wildman–Crippen MR) is 151 cm³/mol. The zero-order chi connectivity index (χ0) is 30.4. The number of halogens is 4. The summed E-state index contributed by atoms with van der Waals surface area (Å²) in [5.41, 5.74) is 8.02. The molecular formula is C29H32F4N6O3. The van der Waals surface area contributed by atoms with E-state index in [4.69, 9.17) is 5.73 Å². The molecule has 1 amide bonds. The maximum Gasteiger partial charge on any atom is 0.392 e. The zero-order valence-electron chi connectivity index (χ0n) is 22.9. The van der Waals surface area contributed by atoms with Gasteiger partial charge in [0.05, 0.1) is 23.8 Å². The Labute approximate surface area is 239 Å². The van der Waals surface area contributed by atoms with E-state index in [2.05, 4.69) is 15.7 Å². The van der Waals surface area contributed by atoms with Crippen molar-refractivity contribution in [2.45, 2.75) is 50.9 Å². The number of nitrogens with two attached hydrogens (primary N) is 1. The molecule has 224 valence electrons. The van der Waals surface area contributed by atoms with Crippen molar-refractivity contribution < 1.29 is 22.4 Å². The molecule has 4 rings (SSSR count). The molecule has 1 saturated carbocycles. The molecule has 2 aromatic carbocycles. The lowest BCUT2D eigenvalue weighted by Crippen LogP contribution is -2.39. The van der Waals surface area contributed by atoms with Gasteiger partial charge in [-0.2, -0.15) is 13.2 Å². The van der Waals surface area contributed by atoms with E-state index in [0.29, 0.717) is 35.2 Å². The third-order valence-electron chi connectivity index (χ3n) is 6.98. The lowest BCUT2D eigenvalue weighted by molar-refractivity contribution is -0.125. The Bertz CT molecular complexity index is 1560. The van der Waals surface area contributed by atoms with Crippen LogP contribution in [0.2, 0.25) is 0 Å². The van der Waals surface area contributed by atoms with Gasteiger partial charge in [-0.3, -0.25) is 24.1 Å². The van der Waals surface area contributed by atoms with Crippen molar-refractivity contribution in [2.75, 3.05) is 17.4 Å². The summed E-state index contributed by atoms with van der Waals surface area (Å²) in [4.78, 5) is 39.9. The fraction of sp³-hybridized carbons (Fsp3) is 0.345. The molecule has 1 aliphatic rings. The lowest BCUT2D eigenvalue weighted by atomic mass is 9.99. The van der Waals surface area contributed by atoms with Gasteiger partial charge in [-0.25, -0.2) is 14.6 Å². The first-order valence-electron chi connectivity index (χ1n) is 13.4. The first kappa shape index (κ1) is 30.7. The van der Waals surface area contributed by atoms with Gasteiger partial charge in [-0.1, -0.05) is 31.0 Å². The molecule has 9 nitrogen and oxygen atoms in total. The lowest BCUT2D eigenvalue weighted by Gasteiger charge is -2.27. The number of carbonyl (C=O) groups is 1. The maximum atomic E-state index is 15.0. The first-order chi connectivity index (χ1) is 20.0. The number of H-pyrrole nitrogens is 1. The second kappa shape index (κ2) is 13.2. The molecule has 0 aliphatic heterocycles. The number of alkyl halides is 3. The highest BCUT2D eigenvalue weighted by Crippen LogP contribution is 2.37. The van der Waals surface area contributed by atoms with Gasteiger partial charge in [0.25, 0.3) is 11.5 Å². The van der Waals surface area contributed by atoms with Crippen LogP contribution in [-0.2, 0) is 11.3 Å². The monoisotopic (exact) mass is 588 g/mol. The second-order valence-electron chi connectivity index (χ2n) is 10.1. The van der Waals surface area contributed by atoms with Crippen LogP contribution in [0.4, 0.5) is 28.9 Å². The van der Waals surface area contributed by atoms with E-state index < -0.39 is 47.3 Å². The van der Waals surface area contributed by atoms with Crippen LogP contribution < -0.4 is 32.7 Å². The summed E-state index contributed by atoms with van der Waals surface area (Å²) in [6.45, 7) is 0.164. The SMILES string of the molecule is CNN(C(=CCC(F)(F)F)C(=O)Nc1cc(C(CCC2CC2)n2ccc(=O)[nH]c2=O)ccc1F)c1cccc(CN)c1. The Hall–Kier alpha value is -4.23. The number of nitrogens with one attached hydrogen (secondary N) is 3. The van der Waals surface area contributed by atoms with Gasteiger partial charge in [0.2, 0.25) is 0 Å². The highest BCUT2D eigenvalue weighted by Gasteiger charge is 2.29. The molecule has 1 fully saturated rings. The van der Waals surface area contributed by atoms with Gasteiger partial charge in [-0.15, -0.1) is 0 Å². The van der Waals surface area contributed by atoms with Gasteiger partial charge in [0, 0.05) is 25.9 Å². The number of rotatable bonds is 12. The smallest absolute Gasteiger partial charge is 0.326 e. The molecule has 0 radical (unpaired) electrons. The average Bonchev–Trinajstić information content (AvgIpc) is 3.77. The summed E-state index contributed by atoms with van der Waals surface area (Å²) in [5.74, 6) is -1.31. The number of aromatic amines is 1. The number of aromatic nitrogens is 2. The number of benzene rings is 2. The van der Waals surface area contributed by atoms with Gasteiger partial charge >= 0.3 is 11.9 Å². The van der Waals surface area contributed by atoms with E-state index in [9.17, 15) is 27.6 Å². The normalized spacial score (nSPS) is 14.5. The van der Waals surface area contributed by atoms with E-state index >= 15 is 4.39 Å². The Morgan fingerprint density at radius 1 is 1.19 bits per heavy atom. The van der Waals surface area contributed by atoms with Crippen LogP contribution >= 0.6 is 0 Å². The molecule has 0 saturated heterocycles. The van der Waals surface area contributed by atoms with E-state index in [1.165, 1.54) is 36.0 Å². The summed E-state index contributed by atoms with van der Waals surface area (Å²) < 4.78 is 56.0. The van der Waals surface area contributed by atoms with E-state index in [0.717, 1.165) is 30.3 Å². The van der Waals surface area contributed by atoms with Crippen LogP contribution in [0.3, 0.4) is 0 Å². The van der Waals surface area contributed by atoms with Crippen molar-refractivity contribution in [3.8, 4) is 0 Å². The number of hydrazine groups is 1. The molecule has 1 atom stereocenters. The maximum absolute atomic E-state index is 15.0. The van der Waals surface area contributed by atoms with Crippen molar-refractivity contribution in [3.63, 3.8) is 0 Å². The van der Waals surface area contributed by atoms with E-state index in [-0.39, 0.29) is 12.2 Å². The Morgan fingerprint density at radius 3 is 2.60 bits per heavy atom. The molecule has 1 heterocycles. The minimum absolute atomic E-state index is 0.164. The Kier molecular flexibility index (Phi) is 9.63. The highest BCUT2D eigenvalue weighted by molar-refractivity contribution is 6.06. The van der Waals surface area contributed by atoms with Crippen LogP contribution in [-0.4, -0.2) is 28.7 Å². The van der Waals surface area contributed by atoms with Crippen LogP contribution in [0.15, 0.2) is 76.1 Å². The molecule has 1 aromatic heterocycles. The Morgan fingerprint density at radius 2 is 1.95 bits per heavy atom. The molecule has 1 unspecified atom stereocenters. The molecule has 3 aromatic rings. The Balaban J connectivity index is 1.69. The second-order valence-corrected chi connectivity index (χ2v) is 10.1. The largest absolute Gasteiger partial charge is 0.392 e. The number of nitrogens with zero attached hydrogens (tertiary/aromatic N) is 2. The highest BCUT2D eigenvalue weighted by atomic mass is 19.4. The fourth-order valence-electron chi connectivity index (χ4n) is 4.68. The molecule has 0 bridgehead atoms. The predicted octanol–water partition coefficient (Wildman–Crippen LogP) is 4.33. The zero-order valence-corrected chi connectivity index (χ0v) is 22.9. The summed E-state index contributed by atoms with van der Waals surface area (Å²) in [7, 11) is 1.43. The number of hydrogen-bond acceptors (Lipinski definition) is 6. The molecular weight excluding hydrogens is 556 g/mol. The summed E-state index contributed by atoms with van der Waals surface area (Å²) in [6, 6.07) is 11.1. The van der Waals surface area contributed by atoms with Crippen molar-refractivity contribution in [1.29, 1.82) is 0 Å². The van der Waals surface area contributed by atoms with Gasteiger partial charge in [-0.05, 0) is 60.2 Å². The van der Waals surface area contributed by atoms with Crippen LogP contribution in [0.1, 0.15) is 49.3 Å². The topological polar surface area (TPSA) is 125 Å². The van der Waals surface area contributed by atoms with Crippen molar-refractivity contribution in [1.82, 2.24) is 15.0 Å². The molecule has 0 spiro atoms. The minimum Gasteiger partial charge on any atom is -0.326 e. The van der Waals surface area contributed by atoms with Crippen LogP contribution in [0.5, 0.6) is 0 Å². The van der Waals surface area contributed by atoms with E-state index in [1.807, 2.05) is 0 Å². The fourth-order valence-corrected chi connectivity index (χ4v) is 4.68. The molecule has 42 heavy (non-hydrogen) atoms. The number of carbonyl (C=O) groups excluding carboxylic acids is 1. The first-order valence-corrected chi connectivity index (χ1v) is 13.4. The third kappa shape index (κ3) is 7.95. The van der Waals surface area contributed by atoms with Crippen molar-refractivity contribution >= 4 is 17.3 Å². The minimum atomic E-state index is -4.60. The number of hydrogen-bond donors (Lipinski definition) is 4. The third-order valence-corrected chi connectivity index (χ3v) is 6.98. The molecule has 1 aliphatic carbocycles. The number of allylic oxidation sites excluding steroid dienone is 1. The van der Waals surface area contributed by atoms with Gasteiger partial charge in [0.15, 0.2) is 0 Å². The number of anilines is 2. The van der Waals surface area contributed by atoms with Crippen molar-refractivity contribution in [3.05, 3.63) is 104 Å². The number of amides is 1. The summed E-state index contributed by atoms with van der Waals surface area (Å²) in [5, 5.41) is 3.56. The van der Waals surface area contributed by atoms with Crippen LogP contribution in [0.25, 0.3) is 0 Å². The average molecular weight is 589 g/mol. The van der Waals surface area contributed by atoms with Crippen LogP contribution in [0, 0.1) is 11.7 Å². The van der Waals surface area contributed by atoms with E-state index in [1.54, 1.807) is 24.3 Å². The van der Waals surface area contributed by atoms with Gasteiger partial charge in [0.1, 0.15) is 11.5 Å². The summed E-state index contributed by atoms with van der Waals surface area (Å²) in [6.07, 6.45) is -0.503. The quantitative estimate of drug-likeness (QED) is 0.142. The molecule has 13 heteroatoms. The standard InChI is InChI=1S/C29H32F4N6O3/c1-35-39(21-4-2-3-19(15-21)17-34)25(11-13-29(31,32)33)27(41)36-23-16-20(8-9-22(23)30)24(10-7-18-5-6-18)38-14-12-26(40)37-28(38)42/h2-4,8-9,11-12,14-16,18,24,35H,5-7,10,13,17,34H2,1H3,(H,36,41)(H,37,40,42). The van der Waals surface area contributed by atoms with Gasteiger partial charge < -0.3 is 11.1 Å².